The molecule has 2 rings (SSSR count). The topological polar surface area (TPSA) is 52.0 Å². The Balaban J connectivity index is 2.51. The van der Waals surface area contributed by atoms with Crippen molar-refractivity contribution in [2.45, 2.75) is 19.4 Å². The SMILES string of the molecule is CCC(N)c1nc2ccc(F)cc2o1. The first-order valence-electron chi connectivity index (χ1n) is 4.52. The maximum absolute atomic E-state index is 12.8. The molecule has 0 radical (unpaired) electrons. The Hall–Kier alpha value is -1.42. The number of halogens is 1. The summed E-state index contributed by atoms with van der Waals surface area (Å²) in [6.07, 6.45) is 0.745. The summed E-state index contributed by atoms with van der Waals surface area (Å²) in [5.41, 5.74) is 6.84. The summed E-state index contributed by atoms with van der Waals surface area (Å²) in [6.45, 7) is 1.94. The van der Waals surface area contributed by atoms with Crippen LogP contribution in [0, 0.1) is 5.82 Å². The number of aromatic nitrogens is 1. The summed E-state index contributed by atoms with van der Waals surface area (Å²) in [4.78, 5) is 4.17. The molecule has 2 aromatic rings. The van der Waals surface area contributed by atoms with E-state index < -0.39 is 0 Å². The molecular formula is C10H11FN2O. The second-order valence-electron chi connectivity index (χ2n) is 3.18. The van der Waals surface area contributed by atoms with Crippen molar-refractivity contribution in [3.8, 4) is 0 Å². The predicted octanol–water partition coefficient (Wildman–Crippen LogP) is 2.38. The van der Waals surface area contributed by atoms with Gasteiger partial charge in [0.05, 0.1) is 6.04 Å². The number of nitrogens with zero attached hydrogens (tertiary/aromatic N) is 1. The summed E-state index contributed by atoms with van der Waals surface area (Å²) in [6, 6.07) is 4.03. The molecule has 0 fully saturated rings. The zero-order valence-corrected chi connectivity index (χ0v) is 7.83. The van der Waals surface area contributed by atoms with E-state index in [9.17, 15) is 4.39 Å². The lowest BCUT2D eigenvalue weighted by atomic mass is 10.2. The summed E-state index contributed by atoms with van der Waals surface area (Å²) in [5.74, 6) is 0.137. The first-order valence-corrected chi connectivity index (χ1v) is 4.52. The molecule has 0 aliphatic rings. The van der Waals surface area contributed by atoms with Gasteiger partial charge in [0.1, 0.15) is 11.3 Å². The lowest BCUT2D eigenvalue weighted by molar-refractivity contribution is 0.467. The second kappa shape index (κ2) is 3.38. The number of fused-ring (bicyclic) bond motifs is 1. The maximum atomic E-state index is 12.8. The lowest BCUT2D eigenvalue weighted by Gasteiger charge is -2.00. The van der Waals surface area contributed by atoms with Crippen LogP contribution in [0.4, 0.5) is 4.39 Å². The number of rotatable bonds is 2. The van der Waals surface area contributed by atoms with Crippen LogP contribution >= 0.6 is 0 Å². The highest BCUT2D eigenvalue weighted by molar-refractivity contribution is 5.72. The Kier molecular flexibility index (Phi) is 2.21. The van der Waals surface area contributed by atoms with Gasteiger partial charge < -0.3 is 10.2 Å². The average molecular weight is 194 g/mol. The van der Waals surface area contributed by atoms with Gasteiger partial charge in [0.25, 0.3) is 0 Å². The average Bonchev–Trinajstić information content (AvgIpc) is 2.59. The number of hydrogen-bond acceptors (Lipinski definition) is 3. The first kappa shape index (κ1) is 9.15. The molecule has 14 heavy (non-hydrogen) atoms. The van der Waals surface area contributed by atoms with E-state index in [1.165, 1.54) is 12.1 Å². The highest BCUT2D eigenvalue weighted by Crippen LogP contribution is 2.21. The Morgan fingerprint density at radius 2 is 2.36 bits per heavy atom. The molecule has 2 N–H and O–H groups in total. The van der Waals surface area contributed by atoms with Gasteiger partial charge in [-0.1, -0.05) is 6.92 Å². The van der Waals surface area contributed by atoms with Gasteiger partial charge in [0.2, 0.25) is 5.89 Å². The molecule has 0 aliphatic heterocycles. The van der Waals surface area contributed by atoms with E-state index in [1.807, 2.05) is 6.92 Å². The van der Waals surface area contributed by atoms with Crippen LogP contribution in [-0.2, 0) is 0 Å². The molecule has 0 saturated heterocycles. The highest BCUT2D eigenvalue weighted by atomic mass is 19.1. The molecule has 0 spiro atoms. The van der Waals surface area contributed by atoms with Crippen LogP contribution in [0.3, 0.4) is 0 Å². The molecule has 74 valence electrons. The van der Waals surface area contributed by atoms with E-state index in [0.717, 1.165) is 6.42 Å². The molecule has 4 heteroatoms. The van der Waals surface area contributed by atoms with Crippen LogP contribution in [0.1, 0.15) is 25.3 Å². The van der Waals surface area contributed by atoms with E-state index in [1.54, 1.807) is 6.07 Å². The fourth-order valence-electron chi connectivity index (χ4n) is 1.25. The van der Waals surface area contributed by atoms with Gasteiger partial charge in [0, 0.05) is 6.07 Å². The molecule has 1 aromatic carbocycles. The third-order valence-corrected chi connectivity index (χ3v) is 2.12. The highest BCUT2D eigenvalue weighted by Gasteiger charge is 2.11. The first-order chi connectivity index (χ1) is 6.70. The van der Waals surface area contributed by atoms with Crippen LogP contribution in [0.15, 0.2) is 22.6 Å². The molecule has 1 heterocycles. The van der Waals surface area contributed by atoms with Gasteiger partial charge in [-0.05, 0) is 18.6 Å². The van der Waals surface area contributed by atoms with Crippen molar-refractivity contribution in [3.05, 3.63) is 29.9 Å². The minimum absolute atomic E-state index is 0.217. The monoisotopic (exact) mass is 194 g/mol. The van der Waals surface area contributed by atoms with E-state index in [-0.39, 0.29) is 11.9 Å². The zero-order valence-electron chi connectivity index (χ0n) is 7.83. The minimum Gasteiger partial charge on any atom is -0.439 e. The van der Waals surface area contributed by atoms with Gasteiger partial charge in [0.15, 0.2) is 5.58 Å². The molecule has 1 aromatic heterocycles. The van der Waals surface area contributed by atoms with Gasteiger partial charge in [-0.2, -0.15) is 0 Å². The molecule has 0 bridgehead atoms. The van der Waals surface area contributed by atoms with E-state index in [4.69, 9.17) is 10.2 Å². The Bertz CT molecular complexity index is 452. The number of hydrogen-bond donors (Lipinski definition) is 1. The maximum Gasteiger partial charge on any atom is 0.212 e. The standard InChI is InChI=1S/C10H11FN2O/c1-2-7(12)10-13-8-4-3-6(11)5-9(8)14-10/h3-5,7H,2,12H2,1H3. The summed E-state index contributed by atoms with van der Waals surface area (Å²) < 4.78 is 18.1. The third-order valence-electron chi connectivity index (χ3n) is 2.12. The summed E-state index contributed by atoms with van der Waals surface area (Å²) in [5, 5.41) is 0. The largest absolute Gasteiger partial charge is 0.439 e. The number of benzene rings is 1. The Morgan fingerprint density at radius 1 is 1.57 bits per heavy atom. The van der Waals surface area contributed by atoms with Crippen molar-refractivity contribution in [1.82, 2.24) is 4.98 Å². The van der Waals surface area contributed by atoms with Gasteiger partial charge in [-0.15, -0.1) is 0 Å². The Labute approximate surface area is 80.7 Å². The van der Waals surface area contributed by atoms with Crippen molar-refractivity contribution < 1.29 is 8.81 Å². The summed E-state index contributed by atoms with van der Waals surface area (Å²) in [7, 11) is 0. The number of oxazole rings is 1. The van der Waals surface area contributed by atoms with Crippen LogP contribution < -0.4 is 5.73 Å². The lowest BCUT2D eigenvalue weighted by Crippen LogP contribution is -2.08. The fraction of sp³-hybridized carbons (Fsp3) is 0.300. The molecule has 1 unspecified atom stereocenters. The third kappa shape index (κ3) is 1.48. The van der Waals surface area contributed by atoms with Crippen molar-refractivity contribution in [2.24, 2.45) is 5.73 Å². The molecule has 0 amide bonds. The number of nitrogens with two attached hydrogens (primary N) is 1. The molecule has 3 nitrogen and oxygen atoms in total. The van der Waals surface area contributed by atoms with Crippen molar-refractivity contribution >= 4 is 11.1 Å². The smallest absolute Gasteiger partial charge is 0.212 e. The van der Waals surface area contributed by atoms with Crippen LogP contribution in [0.5, 0.6) is 0 Å². The van der Waals surface area contributed by atoms with Crippen LogP contribution in [-0.4, -0.2) is 4.98 Å². The minimum atomic E-state index is -0.328. The van der Waals surface area contributed by atoms with E-state index >= 15 is 0 Å². The van der Waals surface area contributed by atoms with Gasteiger partial charge >= 0.3 is 0 Å². The zero-order chi connectivity index (χ0) is 10.1. The fourth-order valence-corrected chi connectivity index (χ4v) is 1.25. The normalized spacial score (nSPS) is 13.4. The second-order valence-corrected chi connectivity index (χ2v) is 3.18. The quantitative estimate of drug-likeness (QED) is 0.798. The van der Waals surface area contributed by atoms with Crippen molar-refractivity contribution in [2.75, 3.05) is 0 Å². The van der Waals surface area contributed by atoms with Gasteiger partial charge in [-0.25, -0.2) is 9.37 Å². The molecule has 0 aliphatic carbocycles. The van der Waals surface area contributed by atoms with Crippen LogP contribution in [0.2, 0.25) is 0 Å². The van der Waals surface area contributed by atoms with Gasteiger partial charge in [-0.3, -0.25) is 0 Å². The predicted molar refractivity (Wildman–Crippen MR) is 51.2 cm³/mol. The van der Waals surface area contributed by atoms with Crippen molar-refractivity contribution in [1.29, 1.82) is 0 Å². The molecule has 0 saturated carbocycles. The van der Waals surface area contributed by atoms with E-state index in [2.05, 4.69) is 4.98 Å². The van der Waals surface area contributed by atoms with Crippen LogP contribution in [0.25, 0.3) is 11.1 Å². The van der Waals surface area contributed by atoms with Crippen molar-refractivity contribution in [3.63, 3.8) is 0 Å². The molecule has 1 atom stereocenters. The molecular weight excluding hydrogens is 183 g/mol. The summed E-state index contributed by atoms with van der Waals surface area (Å²) >= 11 is 0. The van der Waals surface area contributed by atoms with E-state index in [0.29, 0.717) is 17.0 Å². The Morgan fingerprint density at radius 3 is 3.07 bits per heavy atom.